The number of pyridine rings is 1. The van der Waals surface area contributed by atoms with E-state index < -0.39 is 0 Å². The molecule has 0 aromatic carbocycles. The Hall–Kier alpha value is -2.28. The summed E-state index contributed by atoms with van der Waals surface area (Å²) in [6, 6.07) is 3.74. The number of carbonyl (C=O) groups is 1. The van der Waals surface area contributed by atoms with E-state index >= 15 is 0 Å². The van der Waals surface area contributed by atoms with E-state index in [0.717, 1.165) is 24.2 Å². The second-order valence-electron chi connectivity index (χ2n) is 4.89. The Kier molecular flexibility index (Phi) is 4.20. The summed E-state index contributed by atoms with van der Waals surface area (Å²) in [4.78, 5) is 20.2. The number of aromatic nitrogens is 4. The van der Waals surface area contributed by atoms with Crippen molar-refractivity contribution in [1.29, 1.82) is 0 Å². The third kappa shape index (κ3) is 3.43. The van der Waals surface area contributed by atoms with Gasteiger partial charge in [0.25, 0.3) is 0 Å². The van der Waals surface area contributed by atoms with Crippen molar-refractivity contribution < 1.29 is 9.53 Å². The van der Waals surface area contributed by atoms with Gasteiger partial charge in [-0.2, -0.15) is 5.10 Å². The molecule has 3 heterocycles. The van der Waals surface area contributed by atoms with E-state index in [2.05, 4.69) is 25.5 Å². The first kappa shape index (κ1) is 13.7. The summed E-state index contributed by atoms with van der Waals surface area (Å²) in [7, 11) is 0. The summed E-state index contributed by atoms with van der Waals surface area (Å²) < 4.78 is 5.32. The van der Waals surface area contributed by atoms with Gasteiger partial charge in [-0.25, -0.2) is 4.98 Å². The normalized spacial score (nSPS) is 17.8. The van der Waals surface area contributed by atoms with Crippen molar-refractivity contribution >= 4 is 5.91 Å². The topological polar surface area (TPSA) is 92.8 Å². The number of rotatable bonds is 5. The van der Waals surface area contributed by atoms with Crippen LogP contribution in [0.4, 0.5) is 0 Å². The van der Waals surface area contributed by atoms with Crippen LogP contribution in [0.2, 0.25) is 0 Å². The molecule has 1 aliphatic heterocycles. The molecule has 3 rings (SSSR count). The van der Waals surface area contributed by atoms with E-state index in [9.17, 15) is 4.79 Å². The molecule has 1 unspecified atom stereocenters. The number of aromatic amines is 1. The Bertz CT molecular complexity index is 592. The molecule has 2 aromatic heterocycles. The highest BCUT2D eigenvalue weighted by Gasteiger charge is 2.22. The van der Waals surface area contributed by atoms with E-state index in [4.69, 9.17) is 4.74 Å². The number of carbonyl (C=O) groups excluding carboxylic acids is 1. The van der Waals surface area contributed by atoms with Gasteiger partial charge in [0.1, 0.15) is 11.9 Å². The fourth-order valence-corrected chi connectivity index (χ4v) is 2.23. The second kappa shape index (κ2) is 6.45. The maximum absolute atomic E-state index is 11.8. The maximum Gasteiger partial charge on any atom is 0.249 e. The zero-order chi connectivity index (χ0) is 14.5. The van der Waals surface area contributed by atoms with Gasteiger partial charge in [0.05, 0.1) is 0 Å². The largest absolute Gasteiger partial charge is 0.368 e. The molecule has 7 heteroatoms. The van der Waals surface area contributed by atoms with Crippen LogP contribution in [0.25, 0.3) is 11.4 Å². The van der Waals surface area contributed by atoms with Crippen LogP contribution in [-0.2, 0) is 16.0 Å². The SMILES string of the molecule is O=C(NCCc1nc(-c2cccnc2)n[nH]1)C1CCCO1. The molecule has 1 amide bonds. The monoisotopic (exact) mass is 287 g/mol. The Balaban J connectivity index is 1.50. The average Bonchev–Trinajstić information content (AvgIpc) is 3.20. The molecule has 110 valence electrons. The van der Waals surface area contributed by atoms with E-state index in [1.165, 1.54) is 0 Å². The van der Waals surface area contributed by atoms with Gasteiger partial charge in [-0.1, -0.05) is 0 Å². The molecule has 2 N–H and O–H groups in total. The van der Waals surface area contributed by atoms with Crippen LogP contribution in [0, 0.1) is 0 Å². The highest BCUT2D eigenvalue weighted by molar-refractivity contribution is 5.80. The van der Waals surface area contributed by atoms with Crippen molar-refractivity contribution in [3.8, 4) is 11.4 Å². The van der Waals surface area contributed by atoms with E-state index in [0.29, 0.717) is 25.4 Å². The van der Waals surface area contributed by atoms with Gasteiger partial charge in [-0.05, 0) is 25.0 Å². The molecule has 1 fully saturated rings. The Morgan fingerprint density at radius 3 is 3.24 bits per heavy atom. The molecule has 2 aromatic rings. The summed E-state index contributed by atoms with van der Waals surface area (Å²) >= 11 is 0. The van der Waals surface area contributed by atoms with Gasteiger partial charge in [0, 0.05) is 37.5 Å². The molecule has 21 heavy (non-hydrogen) atoms. The summed E-state index contributed by atoms with van der Waals surface area (Å²) in [6.07, 6.45) is 5.49. The third-order valence-electron chi connectivity index (χ3n) is 3.33. The van der Waals surface area contributed by atoms with Crippen molar-refractivity contribution in [3.05, 3.63) is 30.4 Å². The summed E-state index contributed by atoms with van der Waals surface area (Å²) in [5.74, 6) is 1.31. The lowest BCUT2D eigenvalue weighted by atomic mass is 10.2. The predicted octanol–water partition coefficient (Wildman–Crippen LogP) is 0.704. The van der Waals surface area contributed by atoms with E-state index in [1.807, 2.05) is 12.1 Å². The first-order valence-corrected chi connectivity index (χ1v) is 7.04. The van der Waals surface area contributed by atoms with Crippen LogP contribution in [0.15, 0.2) is 24.5 Å². The van der Waals surface area contributed by atoms with Crippen LogP contribution in [-0.4, -0.2) is 45.3 Å². The minimum absolute atomic E-state index is 0.0421. The molecule has 0 radical (unpaired) electrons. The number of nitrogens with one attached hydrogen (secondary N) is 2. The molecule has 1 aliphatic rings. The number of ether oxygens (including phenoxy) is 1. The van der Waals surface area contributed by atoms with Crippen molar-refractivity contribution in [2.75, 3.05) is 13.2 Å². The van der Waals surface area contributed by atoms with Crippen LogP contribution >= 0.6 is 0 Å². The fraction of sp³-hybridized carbons (Fsp3) is 0.429. The number of amides is 1. The first-order valence-electron chi connectivity index (χ1n) is 7.04. The molecule has 1 atom stereocenters. The van der Waals surface area contributed by atoms with Crippen molar-refractivity contribution in [2.45, 2.75) is 25.4 Å². The molecular weight excluding hydrogens is 270 g/mol. The van der Waals surface area contributed by atoms with Gasteiger partial charge in [-0.3, -0.25) is 14.9 Å². The van der Waals surface area contributed by atoms with Crippen molar-refractivity contribution in [2.24, 2.45) is 0 Å². The maximum atomic E-state index is 11.8. The van der Waals surface area contributed by atoms with Crippen LogP contribution in [0.1, 0.15) is 18.7 Å². The van der Waals surface area contributed by atoms with Gasteiger partial charge in [0.15, 0.2) is 5.82 Å². The van der Waals surface area contributed by atoms with Crippen molar-refractivity contribution in [1.82, 2.24) is 25.5 Å². The van der Waals surface area contributed by atoms with Crippen LogP contribution < -0.4 is 5.32 Å². The summed E-state index contributed by atoms with van der Waals surface area (Å²) in [6.45, 7) is 1.19. The van der Waals surface area contributed by atoms with E-state index in [-0.39, 0.29) is 12.0 Å². The zero-order valence-electron chi connectivity index (χ0n) is 11.6. The highest BCUT2D eigenvalue weighted by atomic mass is 16.5. The van der Waals surface area contributed by atoms with Crippen molar-refractivity contribution in [3.63, 3.8) is 0 Å². The molecule has 7 nitrogen and oxygen atoms in total. The zero-order valence-corrected chi connectivity index (χ0v) is 11.6. The number of nitrogens with zero attached hydrogens (tertiary/aromatic N) is 3. The quantitative estimate of drug-likeness (QED) is 0.844. The number of H-pyrrole nitrogens is 1. The summed E-state index contributed by atoms with van der Waals surface area (Å²) in [5.41, 5.74) is 0.864. The lowest BCUT2D eigenvalue weighted by Crippen LogP contribution is -2.35. The lowest BCUT2D eigenvalue weighted by Gasteiger charge is -2.09. The molecule has 0 saturated carbocycles. The molecule has 0 spiro atoms. The highest BCUT2D eigenvalue weighted by Crippen LogP contribution is 2.13. The Morgan fingerprint density at radius 1 is 1.52 bits per heavy atom. The minimum atomic E-state index is -0.286. The van der Waals surface area contributed by atoms with Gasteiger partial charge >= 0.3 is 0 Å². The van der Waals surface area contributed by atoms with Crippen LogP contribution in [0.3, 0.4) is 0 Å². The molecule has 0 aliphatic carbocycles. The van der Waals surface area contributed by atoms with Crippen LogP contribution in [0.5, 0.6) is 0 Å². The standard InChI is InChI=1S/C14H17N5O2/c20-14(11-4-2-8-21-11)16-7-5-12-17-13(19-18-12)10-3-1-6-15-9-10/h1,3,6,9,11H,2,4-5,7-8H2,(H,16,20)(H,17,18,19). The van der Waals surface area contributed by atoms with Gasteiger partial charge < -0.3 is 10.1 Å². The fourth-order valence-electron chi connectivity index (χ4n) is 2.23. The molecular formula is C14H17N5O2. The number of hydrogen-bond donors (Lipinski definition) is 2. The average molecular weight is 287 g/mol. The first-order chi connectivity index (χ1) is 10.3. The van der Waals surface area contributed by atoms with E-state index in [1.54, 1.807) is 12.4 Å². The smallest absolute Gasteiger partial charge is 0.249 e. The summed E-state index contributed by atoms with van der Waals surface area (Å²) in [5, 5.41) is 9.88. The number of hydrogen-bond acceptors (Lipinski definition) is 5. The minimum Gasteiger partial charge on any atom is -0.368 e. The molecule has 1 saturated heterocycles. The third-order valence-corrected chi connectivity index (χ3v) is 3.33. The second-order valence-corrected chi connectivity index (χ2v) is 4.89. The van der Waals surface area contributed by atoms with Gasteiger partial charge in [0.2, 0.25) is 5.91 Å². The predicted molar refractivity (Wildman–Crippen MR) is 75.3 cm³/mol. The molecule has 0 bridgehead atoms. The Morgan fingerprint density at radius 2 is 2.48 bits per heavy atom. The van der Waals surface area contributed by atoms with Gasteiger partial charge in [-0.15, -0.1) is 0 Å². The lowest BCUT2D eigenvalue weighted by molar-refractivity contribution is -0.129. The Labute approximate surface area is 122 Å².